The molecule has 1 atom stereocenters. The molecule has 1 amide bonds. The molecule has 0 radical (unpaired) electrons. The standard InChI is InChI=1S/C18H20BrNOS/c1-3-15-6-4-5-7-17(15)20-18(21)13(2)22-12-14-8-10-16(19)11-9-14/h4-11,13H,3,12H2,1-2H3,(H,20,21)/t13-/m0/s1. The van der Waals surface area contributed by atoms with Crippen molar-refractivity contribution in [2.75, 3.05) is 5.32 Å². The van der Waals surface area contributed by atoms with Crippen LogP contribution in [0.4, 0.5) is 5.69 Å². The summed E-state index contributed by atoms with van der Waals surface area (Å²) in [7, 11) is 0. The SMILES string of the molecule is CCc1ccccc1NC(=O)[C@H](C)SCc1ccc(Br)cc1. The quantitative estimate of drug-likeness (QED) is 0.742. The molecule has 4 heteroatoms. The van der Waals surface area contributed by atoms with E-state index >= 15 is 0 Å². The molecule has 0 bridgehead atoms. The van der Waals surface area contributed by atoms with Crippen molar-refractivity contribution in [2.45, 2.75) is 31.3 Å². The third-order valence-corrected chi connectivity index (χ3v) is 5.18. The minimum Gasteiger partial charge on any atom is -0.325 e. The van der Waals surface area contributed by atoms with Crippen molar-refractivity contribution in [2.24, 2.45) is 0 Å². The molecule has 0 unspecified atom stereocenters. The van der Waals surface area contributed by atoms with Crippen LogP contribution in [0.3, 0.4) is 0 Å². The van der Waals surface area contributed by atoms with Crippen LogP contribution >= 0.6 is 27.7 Å². The summed E-state index contributed by atoms with van der Waals surface area (Å²) in [4.78, 5) is 12.3. The van der Waals surface area contributed by atoms with Crippen LogP contribution < -0.4 is 5.32 Å². The first-order valence-corrected chi connectivity index (χ1v) is 9.19. The molecular weight excluding hydrogens is 358 g/mol. The van der Waals surface area contributed by atoms with E-state index in [1.54, 1.807) is 11.8 Å². The Morgan fingerprint density at radius 3 is 2.55 bits per heavy atom. The fraction of sp³-hybridized carbons (Fsp3) is 0.278. The predicted octanol–water partition coefficient (Wildman–Crippen LogP) is 5.27. The van der Waals surface area contributed by atoms with Gasteiger partial charge in [0, 0.05) is 15.9 Å². The fourth-order valence-electron chi connectivity index (χ4n) is 2.06. The van der Waals surface area contributed by atoms with E-state index in [9.17, 15) is 4.79 Å². The molecule has 0 fully saturated rings. The van der Waals surface area contributed by atoms with Crippen LogP contribution in [0.15, 0.2) is 53.0 Å². The number of amides is 1. The van der Waals surface area contributed by atoms with Gasteiger partial charge in [0.2, 0.25) is 5.91 Å². The molecule has 2 nitrogen and oxygen atoms in total. The predicted molar refractivity (Wildman–Crippen MR) is 99.3 cm³/mol. The monoisotopic (exact) mass is 377 g/mol. The van der Waals surface area contributed by atoms with Crippen molar-refractivity contribution < 1.29 is 4.79 Å². The number of hydrogen-bond acceptors (Lipinski definition) is 2. The summed E-state index contributed by atoms with van der Waals surface area (Å²) in [6.07, 6.45) is 0.914. The minimum absolute atomic E-state index is 0.0583. The molecule has 0 aromatic heterocycles. The van der Waals surface area contributed by atoms with Gasteiger partial charge in [-0.05, 0) is 42.7 Å². The Labute approximate surface area is 144 Å². The topological polar surface area (TPSA) is 29.1 Å². The number of hydrogen-bond donors (Lipinski definition) is 1. The van der Waals surface area contributed by atoms with Gasteiger partial charge in [-0.2, -0.15) is 0 Å². The highest BCUT2D eigenvalue weighted by atomic mass is 79.9. The molecule has 0 saturated heterocycles. The first kappa shape index (κ1) is 17.1. The van der Waals surface area contributed by atoms with Gasteiger partial charge >= 0.3 is 0 Å². The van der Waals surface area contributed by atoms with Crippen molar-refractivity contribution in [3.63, 3.8) is 0 Å². The molecule has 22 heavy (non-hydrogen) atoms. The second-order valence-electron chi connectivity index (χ2n) is 5.08. The molecule has 0 aliphatic carbocycles. The first-order chi connectivity index (χ1) is 10.6. The van der Waals surface area contributed by atoms with Gasteiger partial charge in [-0.15, -0.1) is 11.8 Å². The average Bonchev–Trinajstić information content (AvgIpc) is 2.54. The van der Waals surface area contributed by atoms with Gasteiger partial charge in [0.05, 0.1) is 5.25 Å². The molecule has 1 N–H and O–H groups in total. The number of rotatable bonds is 6. The average molecular weight is 378 g/mol. The normalized spacial score (nSPS) is 12.0. The molecule has 0 spiro atoms. The summed E-state index contributed by atoms with van der Waals surface area (Å²) in [6, 6.07) is 16.2. The van der Waals surface area contributed by atoms with Crippen molar-refractivity contribution in [3.05, 3.63) is 64.1 Å². The van der Waals surface area contributed by atoms with Crippen LogP contribution in [0.25, 0.3) is 0 Å². The van der Waals surface area contributed by atoms with Gasteiger partial charge in [0.15, 0.2) is 0 Å². The van der Waals surface area contributed by atoms with Crippen LogP contribution in [0.1, 0.15) is 25.0 Å². The highest BCUT2D eigenvalue weighted by molar-refractivity contribution is 9.10. The van der Waals surface area contributed by atoms with E-state index in [0.717, 1.165) is 22.3 Å². The molecule has 0 saturated carbocycles. The van der Waals surface area contributed by atoms with Crippen LogP contribution in [0.2, 0.25) is 0 Å². The van der Waals surface area contributed by atoms with Crippen molar-refractivity contribution >= 4 is 39.3 Å². The highest BCUT2D eigenvalue weighted by Gasteiger charge is 2.14. The zero-order chi connectivity index (χ0) is 15.9. The van der Waals surface area contributed by atoms with E-state index in [2.05, 4.69) is 46.4 Å². The van der Waals surface area contributed by atoms with E-state index in [4.69, 9.17) is 0 Å². The van der Waals surface area contributed by atoms with Gasteiger partial charge in [-0.1, -0.05) is 53.2 Å². The van der Waals surface area contributed by atoms with Crippen molar-refractivity contribution in [1.29, 1.82) is 0 Å². The smallest absolute Gasteiger partial charge is 0.237 e. The Balaban J connectivity index is 1.90. The first-order valence-electron chi connectivity index (χ1n) is 7.35. The molecule has 2 aromatic carbocycles. The molecule has 2 rings (SSSR count). The molecule has 0 aliphatic heterocycles. The summed E-state index contributed by atoms with van der Waals surface area (Å²) in [5.74, 6) is 0.889. The molecule has 2 aromatic rings. The maximum Gasteiger partial charge on any atom is 0.237 e. The summed E-state index contributed by atoms with van der Waals surface area (Å²) >= 11 is 5.08. The number of aryl methyl sites for hydroxylation is 1. The number of carbonyl (C=O) groups is 1. The second kappa shape index (κ2) is 8.39. The number of nitrogens with one attached hydrogen (secondary N) is 1. The van der Waals surface area contributed by atoms with E-state index in [-0.39, 0.29) is 11.2 Å². The van der Waals surface area contributed by atoms with E-state index in [1.165, 1.54) is 11.1 Å². The van der Waals surface area contributed by atoms with Crippen LogP contribution in [-0.4, -0.2) is 11.2 Å². The fourth-order valence-corrected chi connectivity index (χ4v) is 3.17. The number of para-hydroxylation sites is 1. The molecule has 116 valence electrons. The van der Waals surface area contributed by atoms with Crippen LogP contribution in [0, 0.1) is 0 Å². The second-order valence-corrected chi connectivity index (χ2v) is 7.32. The Kier molecular flexibility index (Phi) is 6.52. The van der Waals surface area contributed by atoms with Crippen molar-refractivity contribution in [3.8, 4) is 0 Å². The highest BCUT2D eigenvalue weighted by Crippen LogP contribution is 2.22. The third-order valence-electron chi connectivity index (χ3n) is 3.44. The zero-order valence-corrected chi connectivity index (χ0v) is 15.2. The molecular formula is C18H20BrNOS. The minimum atomic E-state index is -0.0893. The molecule has 0 heterocycles. The molecule has 0 aliphatic rings. The number of carbonyl (C=O) groups excluding carboxylic acids is 1. The lowest BCUT2D eigenvalue weighted by Gasteiger charge is -2.14. The lowest BCUT2D eigenvalue weighted by Crippen LogP contribution is -2.23. The Morgan fingerprint density at radius 1 is 1.18 bits per heavy atom. The van der Waals surface area contributed by atoms with Crippen LogP contribution in [-0.2, 0) is 17.0 Å². The zero-order valence-electron chi connectivity index (χ0n) is 12.8. The third kappa shape index (κ3) is 4.89. The van der Waals surface area contributed by atoms with Gasteiger partial charge in [0.25, 0.3) is 0 Å². The number of anilines is 1. The largest absolute Gasteiger partial charge is 0.325 e. The van der Waals surface area contributed by atoms with E-state index in [0.29, 0.717) is 0 Å². The maximum atomic E-state index is 12.3. The van der Waals surface area contributed by atoms with E-state index in [1.807, 2.05) is 37.3 Å². The lowest BCUT2D eigenvalue weighted by atomic mass is 10.1. The summed E-state index contributed by atoms with van der Waals surface area (Å²) in [6.45, 7) is 4.05. The van der Waals surface area contributed by atoms with Gasteiger partial charge < -0.3 is 5.32 Å². The Hall–Kier alpha value is -1.26. The Bertz CT molecular complexity index is 627. The van der Waals surface area contributed by atoms with Gasteiger partial charge in [0.1, 0.15) is 0 Å². The summed E-state index contributed by atoms with van der Waals surface area (Å²) in [5.41, 5.74) is 3.31. The van der Waals surface area contributed by atoms with Gasteiger partial charge in [-0.3, -0.25) is 4.79 Å². The maximum absolute atomic E-state index is 12.3. The summed E-state index contributed by atoms with van der Waals surface area (Å²) in [5, 5.41) is 2.95. The lowest BCUT2D eigenvalue weighted by molar-refractivity contribution is -0.115. The summed E-state index contributed by atoms with van der Waals surface area (Å²) < 4.78 is 1.07. The number of benzene rings is 2. The van der Waals surface area contributed by atoms with E-state index < -0.39 is 0 Å². The van der Waals surface area contributed by atoms with Gasteiger partial charge in [-0.25, -0.2) is 0 Å². The van der Waals surface area contributed by atoms with Crippen molar-refractivity contribution in [1.82, 2.24) is 0 Å². The van der Waals surface area contributed by atoms with Crippen LogP contribution in [0.5, 0.6) is 0 Å². The number of halogens is 1. The Morgan fingerprint density at radius 2 is 1.86 bits per heavy atom. The number of thioether (sulfide) groups is 1.